The Balaban J connectivity index is 1.37. The first kappa shape index (κ1) is 50.0. The summed E-state index contributed by atoms with van der Waals surface area (Å²) in [5.74, 6) is -7.51. The lowest BCUT2D eigenvalue weighted by molar-refractivity contribution is -0.145. The van der Waals surface area contributed by atoms with E-state index in [1.54, 1.807) is 48.7 Å². The predicted molar refractivity (Wildman–Crippen MR) is 240 cm³/mol. The van der Waals surface area contributed by atoms with Crippen molar-refractivity contribution in [1.82, 2.24) is 41.8 Å². The van der Waals surface area contributed by atoms with Crippen LogP contribution in [0, 0.1) is 5.92 Å². The number of β-amino-alcohol motifs (C(OH)–C–C–N with tert-alkyl or cyclic N) is 1. The number of H-pyrrole nitrogens is 1. The Kier molecular flexibility index (Phi) is 17.3. The van der Waals surface area contributed by atoms with Crippen LogP contribution < -0.4 is 31.9 Å². The van der Waals surface area contributed by atoms with E-state index in [0.29, 0.717) is 10.9 Å². The van der Waals surface area contributed by atoms with E-state index in [2.05, 4.69) is 36.9 Å². The van der Waals surface area contributed by atoms with Crippen LogP contribution in [0.2, 0.25) is 0 Å². The van der Waals surface area contributed by atoms with E-state index in [9.17, 15) is 59.1 Å². The zero-order valence-electron chi connectivity index (χ0n) is 36.6. The van der Waals surface area contributed by atoms with Crippen molar-refractivity contribution in [3.8, 4) is 0 Å². The van der Waals surface area contributed by atoms with Crippen LogP contribution in [-0.4, -0.2) is 146 Å². The number of fused-ring (bicyclic) bond motifs is 2. The van der Waals surface area contributed by atoms with Crippen molar-refractivity contribution < 1.29 is 59.1 Å². The summed E-state index contributed by atoms with van der Waals surface area (Å²) in [4.78, 5) is 96.5. The molecule has 0 aliphatic carbocycles. The Bertz CT molecular complexity index is 2400. The number of aromatic nitrogens is 1. The molecule has 0 spiro atoms. The third kappa shape index (κ3) is 13.8. The van der Waals surface area contributed by atoms with Gasteiger partial charge < -0.3 is 67.3 Å². The third-order valence-electron chi connectivity index (χ3n) is 11.0. The van der Waals surface area contributed by atoms with E-state index >= 15 is 0 Å². The minimum absolute atomic E-state index is 0.317. The fourth-order valence-corrected chi connectivity index (χ4v) is 7.18. The second-order valence-corrected chi connectivity index (χ2v) is 16.3. The first-order valence-electron chi connectivity index (χ1n) is 21.1. The molecule has 2 saturated heterocycles. The highest BCUT2D eigenvalue weighted by atomic mass is 16.3. The highest BCUT2D eigenvalue weighted by Crippen LogP contribution is 2.24. The molecule has 2 fully saturated rings. The van der Waals surface area contributed by atoms with Gasteiger partial charge in [-0.3, -0.25) is 33.6 Å². The molecule has 7 amide bonds. The van der Waals surface area contributed by atoms with Gasteiger partial charge in [-0.15, -0.1) is 0 Å². The fraction of sp³-hybridized carbons (Fsp3) is 0.370. The fourth-order valence-electron chi connectivity index (χ4n) is 7.18. The number of rotatable bonds is 8. The molecule has 0 bridgehead atoms. The SMILES string of the molecule is CC(/C=C/c1ccccc1)=C\C=C\[C@@H](C)[C@H](O)[C@@H](O)[C@H]1NC(=O)C[C@@H](O)CNC(=O)CNC(=O)/C(=C/c2c[nH]c3ccccc23)NC(=O)CN(C)C(=O)C[C@]2(O)NC(=O)C[C@H]2NC(=O)[C@H]1O. The van der Waals surface area contributed by atoms with E-state index in [1.165, 1.54) is 20.0 Å². The van der Waals surface area contributed by atoms with Crippen molar-refractivity contribution in [2.75, 3.05) is 26.7 Å². The van der Waals surface area contributed by atoms with Crippen LogP contribution in [0.15, 0.2) is 96.4 Å². The molecule has 3 aromatic rings. The van der Waals surface area contributed by atoms with Gasteiger partial charge in [-0.1, -0.05) is 91.4 Å². The van der Waals surface area contributed by atoms with Crippen LogP contribution >= 0.6 is 0 Å². The van der Waals surface area contributed by atoms with Crippen molar-refractivity contribution in [3.05, 3.63) is 107 Å². The van der Waals surface area contributed by atoms with Gasteiger partial charge >= 0.3 is 0 Å². The lowest BCUT2D eigenvalue weighted by Gasteiger charge is -2.34. The minimum atomic E-state index is -2.47. The number of aliphatic hydroxyl groups excluding tert-OH is 4. The molecule has 0 unspecified atom stereocenters. The largest absolute Gasteiger partial charge is 0.391 e. The predicted octanol–water partition coefficient (Wildman–Crippen LogP) is -1.42. The number of aromatic amines is 1. The second kappa shape index (κ2) is 22.8. The number of likely N-dealkylation sites (N-methyl/N-ethyl adjacent to an activating group) is 1. The van der Waals surface area contributed by atoms with Crippen molar-refractivity contribution >= 4 is 64.4 Å². The maximum Gasteiger partial charge on any atom is 0.268 e. The molecule has 2 aliphatic rings. The quantitative estimate of drug-likeness (QED) is 0.0917. The number of allylic oxidation sites excluding steroid dienone is 4. The standard InChI is InChI=1S/C46H56N8O12/c1-26(16-17-28-12-5-4-6-13-28)10-9-11-27(2)41(61)42(62)40-43(63)45(65)51-34-20-36(57)53-46(34,66)21-39(60)54(3)25-38(59)50-33(18-29-22-47-32-15-8-7-14-31(29)32)44(64)49-24-37(58)48-23-30(55)19-35(56)52-40/h4-18,22,27,30,34,40-43,47,55,61-63,66H,19-21,23-25H2,1-3H3,(H,48,58)(H,49,64)(H,50,59)(H,51,65)(H,52,56)(H,53,57)/b11-9+,17-16+,26-10+,33-18-/t27-,30-,34-,40-,41+,42+,43+,46-/m1/s1. The number of nitrogens with zero attached hydrogens (tertiary/aromatic N) is 1. The zero-order chi connectivity index (χ0) is 48.1. The number of hydrogen-bond donors (Lipinski definition) is 12. The molecular formula is C46H56N8O12. The zero-order valence-corrected chi connectivity index (χ0v) is 36.6. The molecule has 5 rings (SSSR count). The third-order valence-corrected chi connectivity index (χ3v) is 11.0. The van der Waals surface area contributed by atoms with Crippen LogP contribution in [0.3, 0.4) is 0 Å². The topological polar surface area (TPSA) is 312 Å². The first-order valence-corrected chi connectivity index (χ1v) is 21.1. The Morgan fingerprint density at radius 3 is 2.33 bits per heavy atom. The summed E-state index contributed by atoms with van der Waals surface area (Å²) in [6.07, 6.45) is 1.67. The molecule has 1 aromatic heterocycles. The number of amides is 7. The molecule has 352 valence electrons. The Morgan fingerprint density at radius 1 is 0.879 bits per heavy atom. The molecule has 0 radical (unpaired) electrons. The normalized spacial score (nSPS) is 26.0. The minimum Gasteiger partial charge on any atom is -0.391 e. The number of benzene rings is 2. The lowest BCUT2D eigenvalue weighted by Crippen LogP contribution is -2.63. The van der Waals surface area contributed by atoms with Crippen LogP contribution in [0.25, 0.3) is 23.1 Å². The van der Waals surface area contributed by atoms with E-state index < -0.39 is 128 Å². The van der Waals surface area contributed by atoms with Gasteiger partial charge in [-0.25, -0.2) is 0 Å². The molecule has 12 N–H and O–H groups in total. The molecule has 20 heteroatoms. The summed E-state index contributed by atoms with van der Waals surface area (Å²) in [6.45, 7) is 1.53. The molecule has 2 aromatic carbocycles. The molecule has 20 nitrogen and oxygen atoms in total. The number of aliphatic hydroxyl groups is 5. The van der Waals surface area contributed by atoms with E-state index in [4.69, 9.17) is 0 Å². The summed E-state index contributed by atoms with van der Waals surface area (Å²) < 4.78 is 0. The van der Waals surface area contributed by atoms with Crippen molar-refractivity contribution in [1.29, 1.82) is 0 Å². The van der Waals surface area contributed by atoms with Crippen LogP contribution in [0.1, 0.15) is 44.2 Å². The van der Waals surface area contributed by atoms with Gasteiger partial charge in [0.05, 0.1) is 56.6 Å². The van der Waals surface area contributed by atoms with Gasteiger partial charge in [0.15, 0.2) is 11.8 Å². The Labute approximate surface area is 379 Å². The Morgan fingerprint density at radius 2 is 1.59 bits per heavy atom. The summed E-state index contributed by atoms with van der Waals surface area (Å²) in [5.41, 5.74) is 0.246. The highest BCUT2D eigenvalue weighted by molar-refractivity contribution is 6.05. The molecule has 2 aliphatic heterocycles. The van der Waals surface area contributed by atoms with E-state index in [-0.39, 0.29) is 5.70 Å². The van der Waals surface area contributed by atoms with Gasteiger partial charge in [-0.05, 0) is 24.6 Å². The van der Waals surface area contributed by atoms with E-state index in [0.717, 1.165) is 21.6 Å². The number of nitrogens with one attached hydrogen (secondary N) is 7. The lowest BCUT2D eigenvalue weighted by atomic mass is 9.91. The smallest absolute Gasteiger partial charge is 0.268 e. The maximum atomic E-state index is 13.7. The monoisotopic (exact) mass is 912 g/mol. The van der Waals surface area contributed by atoms with Crippen molar-refractivity contribution in [3.63, 3.8) is 0 Å². The molecule has 3 heterocycles. The molecule has 8 atom stereocenters. The Hall–Kier alpha value is -6.97. The van der Waals surface area contributed by atoms with Crippen molar-refractivity contribution in [2.45, 2.75) is 75.3 Å². The number of carbonyl (C=O) groups is 7. The maximum absolute atomic E-state index is 13.7. The molecule has 0 saturated carbocycles. The van der Waals surface area contributed by atoms with Crippen molar-refractivity contribution in [2.24, 2.45) is 5.92 Å². The van der Waals surface area contributed by atoms with Gasteiger partial charge in [0.2, 0.25) is 29.5 Å². The van der Waals surface area contributed by atoms with Gasteiger partial charge in [0.1, 0.15) is 11.8 Å². The van der Waals surface area contributed by atoms with E-state index in [1.807, 2.05) is 49.4 Å². The van der Waals surface area contributed by atoms with Crippen LogP contribution in [0.4, 0.5) is 0 Å². The highest BCUT2D eigenvalue weighted by Gasteiger charge is 2.49. The number of para-hydroxylation sites is 1. The number of carbonyl (C=O) groups excluding carboxylic acids is 7. The van der Waals surface area contributed by atoms with Crippen LogP contribution in [-0.2, 0) is 33.6 Å². The average Bonchev–Trinajstić information content (AvgIpc) is 3.82. The van der Waals surface area contributed by atoms with Crippen LogP contribution in [0.5, 0.6) is 0 Å². The second-order valence-electron chi connectivity index (χ2n) is 16.3. The average molecular weight is 913 g/mol. The molecular weight excluding hydrogens is 857 g/mol. The summed E-state index contributed by atoms with van der Waals surface area (Å²) in [6, 6.07) is 13.1. The van der Waals surface area contributed by atoms with Gasteiger partial charge in [-0.2, -0.15) is 0 Å². The first-order chi connectivity index (χ1) is 31.3. The van der Waals surface area contributed by atoms with Gasteiger partial charge in [0, 0.05) is 42.2 Å². The van der Waals surface area contributed by atoms with Gasteiger partial charge in [0.25, 0.3) is 11.8 Å². The molecule has 66 heavy (non-hydrogen) atoms. The summed E-state index contributed by atoms with van der Waals surface area (Å²) >= 11 is 0. The number of hydrogen-bond acceptors (Lipinski definition) is 12. The summed E-state index contributed by atoms with van der Waals surface area (Å²) in [5, 5.41) is 71.0. The summed E-state index contributed by atoms with van der Waals surface area (Å²) in [7, 11) is 1.21.